The van der Waals surface area contributed by atoms with E-state index >= 15 is 0 Å². The molecule has 1 rings (SSSR count). The molecule has 1 heterocycles. The molecule has 1 aliphatic heterocycles. The van der Waals surface area contributed by atoms with Gasteiger partial charge in [0.25, 0.3) is 0 Å². The summed E-state index contributed by atoms with van der Waals surface area (Å²) in [6.45, 7) is 7.99. The topological polar surface area (TPSA) is 64.6 Å². The second kappa shape index (κ2) is 8.11. The third kappa shape index (κ3) is 4.66. The summed E-state index contributed by atoms with van der Waals surface area (Å²) >= 11 is 0. The fourth-order valence-corrected chi connectivity index (χ4v) is 1.81. The smallest absolute Gasteiger partial charge is 0.323 e. The average Bonchev–Trinajstić information content (AvgIpc) is 2.29. The number of carbonyl (C=O) groups excluding carboxylic acids is 2. The number of nitrogens with one attached hydrogen (secondary N) is 1. The van der Waals surface area contributed by atoms with Crippen LogP contribution in [-0.2, 0) is 19.1 Å². The largest absolute Gasteiger partial charge is 0.465 e. The number of esters is 2. The van der Waals surface area contributed by atoms with Crippen molar-refractivity contribution in [3.8, 4) is 0 Å². The highest BCUT2D eigenvalue weighted by molar-refractivity contribution is 5.85. The van der Waals surface area contributed by atoms with Crippen LogP contribution in [0, 0.1) is 0 Å². The fraction of sp³-hybridized carbons (Fsp3) is 0.667. The summed E-state index contributed by atoms with van der Waals surface area (Å²) in [5.41, 5.74) is 0.861. The molecule has 0 saturated carbocycles. The Morgan fingerprint density at radius 3 is 1.89 bits per heavy atom. The molecule has 0 bridgehead atoms. The predicted molar refractivity (Wildman–Crippen MR) is 69.6 cm³/mol. The van der Waals surface area contributed by atoms with E-state index in [-0.39, 0.29) is 24.3 Å². The van der Waals surface area contributed by atoms with E-state index in [2.05, 4.69) is 11.9 Å². The minimum absolute atomic E-state index is 0. The van der Waals surface area contributed by atoms with Crippen molar-refractivity contribution in [3.05, 3.63) is 12.2 Å². The molecule has 1 aliphatic rings. The van der Waals surface area contributed by atoms with Crippen LogP contribution in [0.25, 0.3) is 0 Å². The molecule has 2 atom stereocenters. The Balaban J connectivity index is 0.00000289. The van der Waals surface area contributed by atoms with Crippen molar-refractivity contribution in [2.75, 3.05) is 13.2 Å². The van der Waals surface area contributed by atoms with Gasteiger partial charge in [-0.2, -0.15) is 0 Å². The van der Waals surface area contributed by atoms with Crippen LogP contribution in [0.1, 0.15) is 26.7 Å². The van der Waals surface area contributed by atoms with Crippen molar-refractivity contribution in [2.24, 2.45) is 0 Å². The van der Waals surface area contributed by atoms with Gasteiger partial charge in [0.2, 0.25) is 0 Å². The molecular formula is C12H20ClNO4. The highest BCUT2D eigenvalue weighted by Gasteiger charge is 2.33. The van der Waals surface area contributed by atoms with Crippen LogP contribution in [0.4, 0.5) is 0 Å². The fourth-order valence-electron chi connectivity index (χ4n) is 1.81. The van der Waals surface area contributed by atoms with Gasteiger partial charge < -0.3 is 9.47 Å². The van der Waals surface area contributed by atoms with Gasteiger partial charge in [0, 0.05) is 0 Å². The lowest BCUT2D eigenvalue weighted by Crippen LogP contribution is -2.51. The van der Waals surface area contributed by atoms with E-state index in [9.17, 15) is 9.59 Å². The van der Waals surface area contributed by atoms with Crippen molar-refractivity contribution in [3.63, 3.8) is 0 Å². The summed E-state index contributed by atoms with van der Waals surface area (Å²) < 4.78 is 9.85. The molecule has 104 valence electrons. The van der Waals surface area contributed by atoms with Crippen molar-refractivity contribution >= 4 is 24.3 Å². The maximum atomic E-state index is 11.6. The minimum Gasteiger partial charge on any atom is -0.465 e. The predicted octanol–water partition coefficient (Wildman–Crippen LogP) is 1.21. The molecule has 0 aromatic rings. The normalized spacial score (nSPS) is 22.9. The molecule has 2 unspecified atom stereocenters. The van der Waals surface area contributed by atoms with E-state index < -0.39 is 12.1 Å². The first-order chi connectivity index (χ1) is 8.08. The Morgan fingerprint density at radius 2 is 1.56 bits per heavy atom. The van der Waals surface area contributed by atoms with Crippen molar-refractivity contribution in [1.29, 1.82) is 0 Å². The van der Waals surface area contributed by atoms with E-state index in [0.29, 0.717) is 26.1 Å². The van der Waals surface area contributed by atoms with E-state index in [0.717, 1.165) is 5.57 Å². The van der Waals surface area contributed by atoms with E-state index in [1.165, 1.54) is 0 Å². The van der Waals surface area contributed by atoms with Gasteiger partial charge in [-0.05, 0) is 26.7 Å². The molecule has 0 radical (unpaired) electrons. The first-order valence-electron chi connectivity index (χ1n) is 5.84. The number of carbonyl (C=O) groups is 2. The van der Waals surface area contributed by atoms with Gasteiger partial charge in [-0.3, -0.25) is 14.9 Å². The Morgan fingerprint density at radius 1 is 1.17 bits per heavy atom. The number of hydrogen-bond acceptors (Lipinski definition) is 5. The first kappa shape index (κ1) is 16.9. The van der Waals surface area contributed by atoms with Crippen molar-refractivity contribution in [2.45, 2.75) is 38.8 Å². The van der Waals surface area contributed by atoms with Gasteiger partial charge in [0.15, 0.2) is 0 Å². The van der Waals surface area contributed by atoms with Gasteiger partial charge in [-0.15, -0.1) is 12.4 Å². The molecule has 1 saturated heterocycles. The molecule has 0 aliphatic carbocycles. The van der Waals surface area contributed by atoms with E-state index in [1.54, 1.807) is 13.8 Å². The Kier molecular flexibility index (Phi) is 7.62. The zero-order valence-corrected chi connectivity index (χ0v) is 11.5. The lowest BCUT2D eigenvalue weighted by Gasteiger charge is -2.29. The van der Waals surface area contributed by atoms with Gasteiger partial charge in [-0.1, -0.05) is 12.2 Å². The van der Waals surface area contributed by atoms with Crippen LogP contribution in [0.2, 0.25) is 0 Å². The zero-order chi connectivity index (χ0) is 12.8. The molecule has 5 nitrogen and oxygen atoms in total. The maximum absolute atomic E-state index is 11.6. The molecule has 6 heteroatoms. The highest BCUT2D eigenvalue weighted by Crippen LogP contribution is 2.19. The SMILES string of the molecule is C=C1CC(C(=O)OCC)NC(C(=O)OCC)C1.Cl. The minimum atomic E-state index is -0.495. The van der Waals surface area contributed by atoms with Gasteiger partial charge in [0.1, 0.15) is 12.1 Å². The van der Waals surface area contributed by atoms with E-state index in [4.69, 9.17) is 9.47 Å². The standard InChI is InChI=1S/C12H19NO4.ClH/c1-4-16-11(14)9-6-8(3)7-10(13-9)12(15)17-5-2;/h9-10,13H,3-7H2,1-2H3;1H. The second-order valence-electron chi connectivity index (χ2n) is 3.93. The average molecular weight is 278 g/mol. The van der Waals surface area contributed by atoms with Crippen molar-refractivity contribution < 1.29 is 19.1 Å². The molecule has 1 fully saturated rings. The first-order valence-corrected chi connectivity index (χ1v) is 5.84. The molecule has 0 aromatic heterocycles. The van der Waals surface area contributed by atoms with Crippen LogP contribution in [0.5, 0.6) is 0 Å². The summed E-state index contributed by atoms with van der Waals surface area (Å²) in [6, 6.07) is -0.990. The van der Waals surface area contributed by atoms with Crippen LogP contribution < -0.4 is 5.32 Å². The highest BCUT2D eigenvalue weighted by atomic mass is 35.5. The lowest BCUT2D eigenvalue weighted by molar-refractivity contribution is -0.149. The molecule has 18 heavy (non-hydrogen) atoms. The third-order valence-electron chi connectivity index (χ3n) is 2.53. The van der Waals surface area contributed by atoms with Gasteiger partial charge >= 0.3 is 11.9 Å². The Hall–Kier alpha value is -1.07. The van der Waals surface area contributed by atoms with Gasteiger partial charge in [-0.25, -0.2) is 0 Å². The molecule has 1 N–H and O–H groups in total. The summed E-state index contributed by atoms with van der Waals surface area (Å²) in [7, 11) is 0. The van der Waals surface area contributed by atoms with Crippen LogP contribution in [0.3, 0.4) is 0 Å². The summed E-state index contributed by atoms with van der Waals surface area (Å²) in [6.07, 6.45) is 1.02. The monoisotopic (exact) mass is 277 g/mol. The molecule has 0 aromatic carbocycles. The number of halogens is 1. The second-order valence-corrected chi connectivity index (χ2v) is 3.93. The van der Waals surface area contributed by atoms with E-state index in [1.807, 2.05) is 0 Å². The third-order valence-corrected chi connectivity index (χ3v) is 2.53. The van der Waals surface area contributed by atoms with Gasteiger partial charge in [0.05, 0.1) is 13.2 Å². The number of ether oxygens (including phenoxy) is 2. The molecular weight excluding hydrogens is 258 g/mol. The molecule has 0 amide bonds. The zero-order valence-electron chi connectivity index (χ0n) is 10.7. The Bertz CT molecular complexity index is 291. The van der Waals surface area contributed by atoms with Crippen LogP contribution in [0.15, 0.2) is 12.2 Å². The maximum Gasteiger partial charge on any atom is 0.323 e. The van der Waals surface area contributed by atoms with Crippen LogP contribution in [-0.4, -0.2) is 37.2 Å². The number of piperidine rings is 1. The quantitative estimate of drug-likeness (QED) is 0.618. The summed E-state index contributed by atoms with van der Waals surface area (Å²) in [4.78, 5) is 23.2. The lowest BCUT2D eigenvalue weighted by atomic mass is 9.94. The van der Waals surface area contributed by atoms with Crippen LogP contribution >= 0.6 is 12.4 Å². The number of rotatable bonds is 4. The molecule has 0 spiro atoms. The number of hydrogen-bond donors (Lipinski definition) is 1. The summed E-state index contributed by atoms with van der Waals surface area (Å²) in [5.74, 6) is -0.690. The van der Waals surface area contributed by atoms with Crippen molar-refractivity contribution in [1.82, 2.24) is 5.32 Å². The Labute approximate surface area is 113 Å². The summed E-state index contributed by atoms with van der Waals surface area (Å²) in [5, 5.41) is 2.94.